The molecule has 1 rings (SSSR count). The zero-order chi connectivity index (χ0) is 7.56. The molecule has 2 N–H and O–H groups in total. The highest BCUT2D eigenvalue weighted by molar-refractivity contribution is 5.57. The van der Waals surface area contributed by atoms with Crippen molar-refractivity contribution in [3.63, 3.8) is 0 Å². The maximum absolute atomic E-state index is 10.1. The Morgan fingerprint density at radius 2 is 2.20 bits per heavy atom. The number of aliphatic hydroxyl groups is 2. The molecule has 1 fully saturated rings. The highest BCUT2D eigenvalue weighted by atomic mass is 16.5. The summed E-state index contributed by atoms with van der Waals surface area (Å²) in [6.07, 6.45) is -1.81. The Kier molecular flexibility index (Phi) is 2.37. The Morgan fingerprint density at radius 3 is 2.70 bits per heavy atom. The van der Waals surface area contributed by atoms with Crippen LogP contribution in [0, 0.1) is 0 Å². The van der Waals surface area contributed by atoms with Crippen molar-refractivity contribution in [3.8, 4) is 0 Å². The molecule has 3 atom stereocenters. The summed E-state index contributed by atoms with van der Waals surface area (Å²) in [6.45, 7) is 0.335. The van der Waals surface area contributed by atoms with E-state index in [1.54, 1.807) is 0 Å². The maximum atomic E-state index is 10.1. The first kappa shape index (κ1) is 7.65. The van der Waals surface area contributed by atoms with E-state index in [0.717, 1.165) is 0 Å². The molecular formula is C6H10O4. The molecule has 2 unspecified atom stereocenters. The Bertz CT molecular complexity index is 125. The standard InChI is InChI=1S/C6H10O4/c7-3-5-6(9)4(8)1-2-10-5/h3-6,8-9H,1-2H2/t4?,5?,6-/m1/s1. The zero-order valence-electron chi connectivity index (χ0n) is 5.43. The van der Waals surface area contributed by atoms with Crippen LogP contribution < -0.4 is 0 Å². The number of hydrogen-bond acceptors (Lipinski definition) is 4. The van der Waals surface area contributed by atoms with Crippen molar-refractivity contribution in [2.75, 3.05) is 6.61 Å². The minimum absolute atomic E-state index is 0.335. The predicted molar refractivity (Wildman–Crippen MR) is 32.4 cm³/mol. The van der Waals surface area contributed by atoms with Gasteiger partial charge in [0.25, 0.3) is 0 Å². The van der Waals surface area contributed by atoms with Crippen LogP contribution in [0.2, 0.25) is 0 Å². The molecule has 0 bridgehead atoms. The van der Waals surface area contributed by atoms with E-state index in [9.17, 15) is 4.79 Å². The van der Waals surface area contributed by atoms with E-state index in [1.165, 1.54) is 0 Å². The van der Waals surface area contributed by atoms with E-state index < -0.39 is 18.3 Å². The Hall–Kier alpha value is -0.450. The average Bonchev–Trinajstić information content (AvgIpc) is 1.95. The lowest BCUT2D eigenvalue weighted by Gasteiger charge is -2.28. The monoisotopic (exact) mass is 146 g/mol. The highest BCUT2D eigenvalue weighted by Gasteiger charge is 2.30. The Morgan fingerprint density at radius 1 is 1.50 bits per heavy atom. The smallest absolute Gasteiger partial charge is 0.151 e. The molecule has 1 saturated heterocycles. The molecule has 0 radical (unpaired) electrons. The number of carbonyl (C=O) groups is 1. The summed E-state index contributed by atoms with van der Waals surface area (Å²) in [4.78, 5) is 10.1. The van der Waals surface area contributed by atoms with E-state index in [0.29, 0.717) is 19.3 Å². The van der Waals surface area contributed by atoms with E-state index in [2.05, 4.69) is 0 Å². The van der Waals surface area contributed by atoms with Crippen LogP contribution in [0.5, 0.6) is 0 Å². The van der Waals surface area contributed by atoms with Crippen molar-refractivity contribution in [1.82, 2.24) is 0 Å². The van der Waals surface area contributed by atoms with Gasteiger partial charge in [-0.2, -0.15) is 0 Å². The number of hydrogen-bond donors (Lipinski definition) is 2. The van der Waals surface area contributed by atoms with Crippen LogP contribution in [0.25, 0.3) is 0 Å². The highest BCUT2D eigenvalue weighted by Crippen LogP contribution is 2.12. The average molecular weight is 146 g/mol. The molecule has 58 valence electrons. The molecule has 0 aromatic carbocycles. The number of aldehydes is 1. The fourth-order valence-electron chi connectivity index (χ4n) is 0.933. The molecule has 0 amide bonds. The molecule has 1 heterocycles. The van der Waals surface area contributed by atoms with Gasteiger partial charge < -0.3 is 19.7 Å². The molecule has 0 saturated carbocycles. The third kappa shape index (κ3) is 1.34. The maximum Gasteiger partial charge on any atom is 0.151 e. The molecule has 1 aliphatic rings. The van der Waals surface area contributed by atoms with Gasteiger partial charge in [-0.3, -0.25) is 0 Å². The van der Waals surface area contributed by atoms with Crippen molar-refractivity contribution in [2.45, 2.75) is 24.7 Å². The molecule has 1 aliphatic heterocycles. The van der Waals surface area contributed by atoms with E-state index in [4.69, 9.17) is 14.9 Å². The largest absolute Gasteiger partial charge is 0.390 e. The van der Waals surface area contributed by atoms with E-state index in [-0.39, 0.29) is 0 Å². The Labute approximate surface area is 58.4 Å². The second-order valence-electron chi connectivity index (χ2n) is 2.32. The summed E-state index contributed by atoms with van der Waals surface area (Å²) in [6, 6.07) is 0. The van der Waals surface area contributed by atoms with Crippen molar-refractivity contribution in [3.05, 3.63) is 0 Å². The van der Waals surface area contributed by atoms with Crippen LogP contribution in [0.15, 0.2) is 0 Å². The molecule has 4 heteroatoms. The second kappa shape index (κ2) is 3.09. The third-order valence-electron chi connectivity index (χ3n) is 1.59. The fourth-order valence-corrected chi connectivity index (χ4v) is 0.933. The van der Waals surface area contributed by atoms with Crippen LogP contribution >= 0.6 is 0 Å². The zero-order valence-corrected chi connectivity index (χ0v) is 5.43. The van der Waals surface area contributed by atoms with Crippen molar-refractivity contribution < 1.29 is 19.7 Å². The second-order valence-corrected chi connectivity index (χ2v) is 2.32. The van der Waals surface area contributed by atoms with Gasteiger partial charge >= 0.3 is 0 Å². The SMILES string of the molecule is O=CC1OCCC(O)[C@H]1O. The lowest BCUT2D eigenvalue weighted by Crippen LogP contribution is -2.45. The molecule has 0 aliphatic carbocycles. The summed E-state index contributed by atoms with van der Waals surface area (Å²) in [5, 5.41) is 18.0. The van der Waals surface area contributed by atoms with E-state index >= 15 is 0 Å². The van der Waals surface area contributed by atoms with Crippen LogP contribution in [0.4, 0.5) is 0 Å². The van der Waals surface area contributed by atoms with Crippen molar-refractivity contribution in [2.24, 2.45) is 0 Å². The minimum Gasteiger partial charge on any atom is -0.390 e. The van der Waals surface area contributed by atoms with Crippen molar-refractivity contribution >= 4 is 6.29 Å². The number of rotatable bonds is 1. The first-order valence-corrected chi connectivity index (χ1v) is 3.18. The lowest BCUT2D eigenvalue weighted by atomic mass is 10.0. The van der Waals surface area contributed by atoms with Gasteiger partial charge in [0, 0.05) is 0 Å². The van der Waals surface area contributed by atoms with Crippen LogP contribution in [0.3, 0.4) is 0 Å². The van der Waals surface area contributed by atoms with Gasteiger partial charge in [0.05, 0.1) is 12.7 Å². The molecule has 0 spiro atoms. The summed E-state index contributed by atoms with van der Waals surface area (Å²) in [5.74, 6) is 0. The van der Waals surface area contributed by atoms with Gasteiger partial charge in [-0.05, 0) is 6.42 Å². The quantitative estimate of drug-likeness (QED) is 0.451. The van der Waals surface area contributed by atoms with E-state index in [1.807, 2.05) is 0 Å². The molecule has 0 aromatic rings. The number of aliphatic hydroxyl groups excluding tert-OH is 2. The summed E-state index contributed by atoms with van der Waals surface area (Å²) >= 11 is 0. The van der Waals surface area contributed by atoms with Gasteiger partial charge in [0.1, 0.15) is 12.2 Å². The van der Waals surface area contributed by atoms with Crippen LogP contribution in [-0.4, -0.2) is 41.4 Å². The summed E-state index contributed by atoms with van der Waals surface area (Å²) < 4.78 is 4.83. The van der Waals surface area contributed by atoms with Gasteiger partial charge in [-0.1, -0.05) is 0 Å². The van der Waals surface area contributed by atoms with Crippen LogP contribution in [0.1, 0.15) is 6.42 Å². The summed E-state index contributed by atoms with van der Waals surface area (Å²) in [7, 11) is 0. The third-order valence-corrected chi connectivity index (χ3v) is 1.59. The molecule has 0 aromatic heterocycles. The molecule has 10 heavy (non-hydrogen) atoms. The fraction of sp³-hybridized carbons (Fsp3) is 0.833. The van der Waals surface area contributed by atoms with Crippen LogP contribution in [-0.2, 0) is 9.53 Å². The topological polar surface area (TPSA) is 66.8 Å². The van der Waals surface area contributed by atoms with Crippen molar-refractivity contribution in [1.29, 1.82) is 0 Å². The normalized spacial score (nSPS) is 41.2. The van der Waals surface area contributed by atoms with Gasteiger partial charge in [0.2, 0.25) is 0 Å². The lowest BCUT2D eigenvalue weighted by molar-refractivity contribution is -0.150. The first-order valence-electron chi connectivity index (χ1n) is 3.18. The van der Waals surface area contributed by atoms with Gasteiger partial charge in [-0.25, -0.2) is 0 Å². The predicted octanol–water partition coefficient (Wildman–Crippen LogP) is -1.30. The van der Waals surface area contributed by atoms with Gasteiger partial charge in [0.15, 0.2) is 6.29 Å². The Balaban J connectivity index is 2.50. The minimum atomic E-state index is -1.05. The summed E-state index contributed by atoms with van der Waals surface area (Å²) in [5.41, 5.74) is 0. The van der Waals surface area contributed by atoms with Gasteiger partial charge in [-0.15, -0.1) is 0 Å². The number of ether oxygens (including phenoxy) is 1. The number of carbonyl (C=O) groups excluding carboxylic acids is 1. The molecule has 4 nitrogen and oxygen atoms in total. The first-order chi connectivity index (χ1) is 4.75. The molecular weight excluding hydrogens is 136 g/mol.